The Morgan fingerprint density at radius 3 is 2.71 bits per heavy atom. The maximum atomic E-state index is 12.3. The number of carbonyl (C=O) groups is 1. The molecule has 0 aliphatic carbocycles. The molecule has 4 rings (SSSR count). The summed E-state index contributed by atoms with van der Waals surface area (Å²) in [6.45, 7) is 1.22. The fourth-order valence-corrected chi connectivity index (χ4v) is 2.91. The predicted octanol–water partition coefficient (Wildman–Crippen LogP) is 2.65. The van der Waals surface area contributed by atoms with Crippen LogP contribution in [0.25, 0.3) is 11.4 Å². The van der Waals surface area contributed by atoms with Crippen molar-refractivity contribution in [1.82, 2.24) is 20.0 Å². The van der Waals surface area contributed by atoms with Gasteiger partial charge >= 0.3 is 0 Å². The molecular formula is C18H16N4O2. The highest BCUT2D eigenvalue weighted by Gasteiger charge is 2.34. The van der Waals surface area contributed by atoms with Gasteiger partial charge in [0, 0.05) is 37.5 Å². The fraction of sp³-hybridized carbons (Fsp3) is 0.222. The van der Waals surface area contributed by atoms with E-state index < -0.39 is 0 Å². The van der Waals surface area contributed by atoms with Gasteiger partial charge in [-0.2, -0.15) is 4.98 Å². The molecule has 120 valence electrons. The second kappa shape index (κ2) is 6.23. The summed E-state index contributed by atoms with van der Waals surface area (Å²) in [5.41, 5.74) is 1.97. The topological polar surface area (TPSA) is 72.1 Å². The van der Waals surface area contributed by atoms with E-state index in [1.165, 1.54) is 0 Å². The molecular weight excluding hydrogens is 304 g/mol. The van der Waals surface area contributed by atoms with Gasteiger partial charge in [0.25, 0.3) is 0 Å². The molecule has 24 heavy (non-hydrogen) atoms. The highest BCUT2D eigenvalue weighted by molar-refractivity contribution is 5.79. The lowest BCUT2D eigenvalue weighted by Crippen LogP contribution is -2.24. The molecule has 1 unspecified atom stereocenters. The molecule has 3 aromatic rings. The van der Waals surface area contributed by atoms with E-state index in [9.17, 15) is 4.79 Å². The van der Waals surface area contributed by atoms with Gasteiger partial charge in [0.1, 0.15) is 0 Å². The van der Waals surface area contributed by atoms with Crippen LogP contribution < -0.4 is 0 Å². The summed E-state index contributed by atoms with van der Waals surface area (Å²) in [5, 5.41) is 4.02. The van der Waals surface area contributed by atoms with Crippen LogP contribution in [0.3, 0.4) is 0 Å². The second-order valence-electron chi connectivity index (χ2n) is 5.85. The summed E-state index contributed by atoms with van der Waals surface area (Å²) in [6.07, 6.45) is 3.78. The van der Waals surface area contributed by atoms with Crippen molar-refractivity contribution >= 4 is 5.91 Å². The van der Waals surface area contributed by atoms with Gasteiger partial charge in [0.15, 0.2) is 0 Å². The third kappa shape index (κ3) is 2.90. The first-order valence-electron chi connectivity index (χ1n) is 7.85. The lowest BCUT2D eigenvalue weighted by molar-refractivity contribution is -0.128. The average Bonchev–Trinajstić information content (AvgIpc) is 3.24. The van der Waals surface area contributed by atoms with Crippen LogP contribution in [0.15, 0.2) is 59.4 Å². The van der Waals surface area contributed by atoms with Gasteiger partial charge < -0.3 is 9.42 Å². The molecule has 2 aromatic heterocycles. The molecule has 0 N–H and O–H groups in total. The molecule has 0 radical (unpaired) electrons. The highest BCUT2D eigenvalue weighted by Crippen LogP contribution is 2.29. The standard InChI is InChI=1S/C18H16N4O2/c23-16-10-15(12-22(16)11-13-4-2-1-3-5-13)18-20-17(21-24-18)14-6-8-19-9-7-14/h1-9,15H,10-12H2. The smallest absolute Gasteiger partial charge is 0.232 e. The number of hydrogen-bond acceptors (Lipinski definition) is 5. The molecule has 1 aliphatic heterocycles. The Morgan fingerprint density at radius 2 is 1.92 bits per heavy atom. The van der Waals surface area contributed by atoms with Crippen LogP contribution in [0.2, 0.25) is 0 Å². The van der Waals surface area contributed by atoms with E-state index in [4.69, 9.17) is 4.52 Å². The molecule has 1 atom stereocenters. The number of aromatic nitrogens is 3. The van der Waals surface area contributed by atoms with Crippen molar-refractivity contribution in [3.05, 3.63) is 66.3 Å². The van der Waals surface area contributed by atoms with E-state index in [2.05, 4.69) is 15.1 Å². The molecule has 6 heteroatoms. The minimum atomic E-state index is -0.0516. The summed E-state index contributed by atoms with van der Waals surface area (Å²) in [5.74, 6) is 1.11. The lowest BCUT2D eigenvalue weighted by Gasteiger charge is -2.15. The molecule has 1 aromatic carbocycles. The van der Waals surface area contributed by atoms with Crippen molar-refractivity contribution < 1.29 is 9.32 Å². The monoisotopic (exact) mass is 320 g/mol. The van der Waals surface area contributed by atoms with Crippen molar-refractivity contribution in [3.8, 4) is 11.4 Å². The molecule has 6 nitrogen and oxygen atoms in total. The van der Waals surface area contributed by atoms with Crippen LogP contribution in [-0.4, -0.2) is 32.5 Å². The third-order valence-corrected chi connectivity index (χ3v) is 4.16. The molecule has 1 aliphatic rings. The van der Waals surface area contributed by atoms with E-state index in [1.54, 1.807) is 12.4 Å². The number of nitrogens with zero attached hydrogens (tertiary/aromatic N) is 4. The van der Waals surface area contributed by atoms with Crippen molar-refractivity contribution in [1.29, 1.82) is 0 Å². The zero-order chi connectivity index (χ0) is 16.4. The number of amides is 1. The van der Waals surface area contributed by atoms with Crippen molar-refractivity contribution in [2.75, 3.05) is 6.54 Å². The number of carbonyl (C=O) groups excluding carboxylic acids is 1. The van der Waals surface area contributed by atoms with Crippen molar-refractivity contribution in [2.45, 2.75) is 18.9 Å². The van der Waals surface area contributed by atoms with Gasteiger partial charge in [-0.25, -0.2) is 0 Å². The zero-order valence-corrected chi connectivity index (χ0v) is 13.0. The second-order valence-corrected chi connectivity index (χ2v) is 5.85. The van der Waals surface area contributed by atoms with Gasteiger partial charge in [0.05, 0.1) is 5.92 Å². The molecule has 0 saturated carbocycles. The normalized spacial score (nSPS) is 17.4. The number of hydrogen-bond donors (Lipinski definition) is 0. The van der Waals surface area contributed by atoms with E-state index in [-0.39, 0.29) is 11.8 Å². The maximum Gasteiger partial charge on any atom is 0.232 e. The van der Waals surface area contributed by atoms with Gasteiger partial charge in [-0.15, -0.1) is 0 Å². The maximum absolute atomic E-state index is 12.3. The Morgan fingerprint density at radius 1 is 1.12 bits per heavy atom. The summed E-state index contributed by atoms with van der Waals surface area (Å²) >= 11 is 0. The SMILES string of the molecule is O=C1CC(c2nc(-c3ccncc3)no2)CN1Cc1ccccc1. The molecule has 0 bridgehead atoms. The first-order valence-corrected chi connectivity index (χ1v) is 7.85. The van der Waals surface area contributed by atoms with Gasteiger partial charge in [-0.05, 0) is 17.7 Å². The van der Waals surface area contributed by atoms with Crippen molar-refractivity contribution in [2.24, 2.45) is 0 Å². The Kier molecular flexibility index (Phi) is 3.78. The average molecular weight is 320 g/mol. The minimum absolute atomic E-state index is 0.0516. The number of rotatable bonds is 4. The van der Waals surface area contributed by atoms with Crippen molar-refractivity contribution in [3.63, 3.8) is 0 Å². The molecule has 3 heterocycles. The summed E-state index contributed by atoms with van der Waals surface area (Å²) < 4.78 is 5.39. The Balaban J connectivity index is 1.48. The lowest BCUT2D eigenvalue weighted by atomic mass is 10.1. The third-order valence-electron chi connectivity index (χ3n) is 4.16. The summed E-state index contributed by atoms with van der Waals surface area (Å²) in [4.78, 5) is 22.5. The number of benzene rings is 1. The molecule has 1 saturated heterocycles. The van der Waals surface area contributed by atoms with E-state index >= 15 is 0 Å². The number of pyridine rings is 1. The van der Waals surface area contributed by atoms with E-state index in [0.29, 0.717) is 31.2 Å². The van der Waals surface area contributed by atoms with E-state index in [0.717, 1.165) is 11.1 Å². The predicted molar refractivity (Wildman–Crippen MR) is 86.7 cm³/mol. The minimum Gasteiger partial charge on any atom is -0.339 e. The van der Waals surface area contributed by atoms with Gasteiger partial charge in [-0.1, -0.05) is 35.5 Å². The van der Waals surface area contributed by atoms with Crippen LogP contribution in [-0.2, 0) is 11.3 Å². The largest absolute Gasteiger partial charge is 0.339 e. The zero-order valence-electron chi connectivity index (χ0n) is 13.0. The molecule has 0 spiro atoms. The first kappa shape index (κ1) is 14.6. The van der Waals surface area contributed by atoms with Crippen LogP contribution in [0.1, 0.15) is 23.8 Å². The Bertz CT molecular complexity index is 832. The highest BCUT2D eigenvalue weighted by atomic mass is 16.5. The first-order chi connectivity index (χ1) is 11.8. The van der Waals surface area contributed by atoms with Crippen LogP contribution >= 0.6 is 0 Å². The van der Waals surface area contributed by atoms with Crippen LogP contribution in [0.5, 0.6) is 0 Å². The van der Waals surface area contributed by atoms with Crippen LogP contribution in [0, 0.1) is 0 Å². The summed E-state index contributed by atoms with van der Waals surface area (Å²) in [7, 11) is 0. The van der Waals surface area contributed by atoms with Gasteiger partial charge in [0.2, 0.25) is 17.6 Å². The Hall–Kier alpha value is -3.02. The van der Waals surface area contributed by atoms with E-state index in [1.807, 2.05) is 47.4 Å². The Labute approximate surface area is 139 Å². The quantitative estimate of drug-likeness (QED) is 0.739. The molecule has 1 amide bonds. The fourth-order valence-electron chi connectivity index (χ4n) is 2.91. The van der Waals surface area contributed by atoms with Gasteiger partial charge in [-0.3, -0.25) is 9.78 Å². The van der Waals surface area contributed by atoms with Crippen LogP contribution in [0.4, 0.5) is 0 Å². The summed E-state index contributed by atoms with van der Waals surface area (Å²) in [6, 6.07) is 13.6. The number of likely N-dealkylation sites (tertiary alicyclic amines) is 1. The molecule has 1 fully saturated rings.